The third kappa shape index (κ3) is 2.35. The number of carbonyl (C=O) groups excluding carboxylic acids is 1. The Kier molecular flexibility index (Phi) is 4.03. The van der Waals surface area contributed by atoms with Crippen molar-refractivity contribution in [2.24, 2.45) is 5.41 Å². The molecule has 4 nitrogen and oxygen atoms in total. The molecule has 0 aliphatic carbocycles. The first kappa shape index (κ1) is 14.9. The molecule has 3 atom stereocenters. The minimum Gasteiger partial charge on any atom is -0.468 e. The van der Waals surface area contributed by atoms with Gasteiger partial charge in [0.15, 0.2) is 5.79 Å². The van der Waals surface area contributed by atoms with Gasteiger partial charge in [0, 0.05) is 0 Å². The summed E-state index contributed by atoms with van der Waals surface area (Å²) in [5, 5.41) is 0. The van der Waals surface area contributed by atoms with Gasteiger partial charge in [-0.25, -0.2) is 0 Å². The van der Waals surface area contributed by atoms with Crippen LogP contribution in [-0.2, 0) is 19.0 Å². The van der Waals surface area contributed by atoms with Crippen molar-refractivity contribution in [3.05, 3.63) is 24.8 Å². The Balaban J connectivity index is 3.27. The van der Waals surface area contributed by atoms with Crippen LogP contribution in [-0.4, -0.2) is 31.1 Å². The van der Waals surface area contributed by atoms with Crippen LogP contribution in [0.5, 0.6) is 0 Å². The average molecular weight is 254 g/mol. The molecule has 1 fully saturated rings. The molecule has 0 amide bonds. The molecule has 18 heavy (non-hydrogen) atoms. The maximum absolute atomic E-state index is 12.1. The lowest BCUT2D eigenvalue weighted by atomic mass is 9.74. The topological polar surface area (TPSA) is 44.8 Å². The summed E-state index contributed by atoms with van der Waals surface area (Å²) in [5.41, 5.74) is -0.219. The maximum atomic E-state index is 12.1. The van der Waals surface area contributed by atoms with E-state index in [0.29, 0.717) is 0 Å². The zero-order valence-electron chi connectivity index (χ0n) is 11.8. The molecule has 1 rings (SSSR count). The Morgan fingerprint density at radius 3 is 2.28 bits per heavy atom. The number of carbonyl (C=O) groups is 1. The van der Waals surface area contributed by atoms with E-state index in [1.165, 1.54) is 7.11 Å². The summed E-state index contributed by atoms with van der Waals surface area (Å²) in [6.07, 6.45) is 0.643. The van der Waals surface area contributed by atoms with Crippen LogP contribution in [0, 0.1) is 5.41 Å². The number of esters is 1. The lowest BCUT2D eigenvalue weighted by Gasteiger charge is -2.50. The molecule has 0 aromatic carbocycles. The standard InChI is InChI=1S/C14H22O4/c1-8-10-14(6,12(15)16-7)11(9(2)3)18-13(4,5)17-10/h8,10-11H,1-2H2,3-7H3/t10-,11+,14+/m1/s1. The van der Waals surface area contributed by atoms with E-state index in [-0.39, 0.29) is 0 Å². The highest BCUT2D eigenvalue weighted by Crippen LogP contribution is 2.44. The van der Waals surface area contributed by atoms with Crippen LogP contribution < -0.4 is 0 Å². The maximum Gasteiger partial charge on any atom is 0.317 e. The minimum atomic E-state index is -0.974. The fourth-order valence-electron chi connectivity index (χ4n) is 2.36. The van der Waals surface area contributed by atoms with Crippen molar-refractivity contribution in [1.82, 2.24) is 0 Å². The Morgan fingerprint density at radius 2 is 1.89 bits per heavy atom. The van der Waals surface area contributed by atoms with E-state index in [1.807, 2.05) is 6.92 Å². The highest BCUT2D eigenvalue weighted by atomic mass is 16.7. The summed E-state index contributed by atoms with van der Waals surface area (Å²) in [4.78, 5) is 12.1. The van der Waals surface area contributed by atoms with Gasteiger partial charge < -0.3 is 14.2 Å². The van der Waals surface area contributed by atoms with Crippen LogP contribution in [0.4, 0.5) is 0 Å². The monoisotopic (exact) mass is 254 g/mol. The molecule has 1 aliphatic heterocycles. The van der Waals surface area contributed by atoms with Crippen LogP contribution >= 0.6 is 0 Å². The van der Waals surface area contributed by atoms with Gasteiger partial charge in [0.25, 0.3) is 0 Å². The van der Waals surface area contributed by atoms with E-state index >= 15 is 0 Å². The third-order valence-corrected chi connectivity index (χ3v) is 3.24. The number of hydrogen-bond acceptors (Lipinski definition) is 4. The van der Waals surface area contributed by atoms with Crippen molar-refractivity contribution < 1.29 is 19.0 Å². The van der Waals surface area contributed by atoms with Gasteiger partial charge in [0.05, 0.1) is 13.2 Å². The lowest BCUT2D eigenvalue weighted by Crippen LogP contribution is -2.60. The Labute approximate surface area is 109 Å². The van der Waals surface area contributed by atoms with Crippen LogP contribution in [0.2, 0.25) is 0 Å². The molecule has 0 unspecified atom stereocenters. The molecule has 0 bridgehead atoms. The van der Waals surface area contributed by atoms with Crippen LogP contribution in [0.15, 0.2) is 24.8 Å². The molecule has 0 aromatic rings. The van der Waals surface area contributed by atoms with Gasteiger partial charge in [-0.05, 0) is 27.7 Å². The predicted octanol–water partition coefficient (Wildman–Crippen LogP) is 2.45. The molecule has 0 radical (unpaired) electrons. The van der Waals surface area contributed by atoms with Crippen molar-refractivity contribution in [3.63, 3.8) is 0 Å². The SMILES string of the molecule is C=C[C@H]1OC(C)(C)O[C@@H](C(=C)C)[C@@]1(C)C(=O)OC. The van der Waals surface area contributed by atoms with E-state index in [1.54, 1.807) is 26.8 Å². The molecule has 102 valence electrons. The second-order valence-corrected chi connectivity index (χ2v) is 5.29. The van der Waals surface area contributed by atoms with Crippen molar-refractivity contribution in [3.8, 4) is 0 Å². The summed E-state index contributed by atoms with van der Waals surface area (Å²) in [5.74, 6) is -1.19. The zero-order chi connectivity index (χ0) is 14.1. The van der Waals surface area contributed by atoms with Crippen LogP contribution in [0.25, 0.3) is 0 Å². The van der Waals surface area contributed by atoms with Crippen molar-refractivity contribution in [2.45, 2.75) is 45.7 Å². The van der Waals surface area contributed by atoms with Gasteiger partial charge >= 0.3 is 5.97 Å². The molecular formula is C14H22O4. The third-order valence-electron chi connectivity index (χ3n) is 3.24. The predicted molar refractivity (Wildman–Crippen MR) is 69.0 cm³/mol. The summed E-state index contributed by atoms with van der Waals surface area (Å²) in [7, 11) is 1.35. The highest BCUT2D eigenvalue weighted by Gasteiger charge is 2.56. The van der Waals surface area contributed by atoms with Crippen LogP contribution in [0.1, 0.15) is 27.7 Å². The molecule has 0 N–H and O–H groups in total. The summed E-state index contributed by atoms with van der Waals surface area (Å²) >= 11 is 0. The molecular weight excluding hydrogens is 232 g/mol. The number of methoxy groups -OCH3 is 1. The van der Waals surface area contributed by atoms with E-state index in [4.69, 9.17) is 14.2 Å². The first-order valence-corrected chi connectivity index (χ1v) is 5.91. The Hall–Kier alpha value is -1.13. The normalized spacial score (nSPS) is 34.7. The summed E-state index contributed by atoms with van der Waals surface area (Å²) in [6, 6.07) is 0. The fraction of sp³-hybridized carbons (Fsp3) is 0.643. The van der Waals surface area contributed by atoms with Gasteiger partial charge in [0.1, 0.15) is 11.5 Å². The molecule has 0 saturated carbocycles. The quantitative estimate of drug-likeness (QED) is 0.573. The molecule has 1 aliphatic rings. The first-order chi connectivity index (χ1) is 8.19. The summed E-state index contributed by atoms with van der Waals surface area (Å²) in [6.45, 7) is 14.8. The smallest absolute Gasteiger partial charge is 0.317 e. The van der Waals surface area contributed by atoms with Gasteiger partial charge in [-0.3, -0.25) is 4.79 Å². The van der Waals surface area contributed by atoms with E-state index in [2.05, 4.69) is 13.2 Å². The van der Waals surface area contributed by atoms with Crippen LogP contribution in [0.3, 0.4) is 0 Å². The molecule has 1 saturated heterocycles. The lowest BCUT2D eigenvalue weighted by molar-refractivity contribution is -0.322. The van der Waals surface area contributed by atoms with Crippen molar-refractivity contribution in [2.75, 3.05) is 7.11 Å². The van der Waals surface area contributed by atoms with E-state index < -0.39 is 29.4 Å². The Bertz CT molecular complexity index is 372. The second-order valence-electron chi connectivity index (χ2n) is 5.29. The number of ether oxygens (including phenoxy) is 3. The average Bonchev–Trinajstić information content (AvgIpc) is 2.30. The molecule has 4 heteroatoms. The largest absolute Gasteiger partial charge is 0.468 e. The first-order valence-electron chi connectivity index (χ1n) is 5.91. The van der Waals surface area contributed by atoms with Gasteiger partial charge in [-0.1, -0.05) is 18.2 Å². The summed E-state index contributed by atoms with van der Waals surface area (Å²) < 4.78 is 16.5. The Morgan fingerprint density at radius 1 is 1.33 bits per heavy atom. The van der Waals surface area contributed by atoms with Crippen molar-refractivity contribution in [1.29, 1.82) is 0 Å². The van der Waals surface area contributed by atoms with E-state index in [9.17, 15) is 4.79 Å². The fourth-order valence-corrected chi connectivity index (χ4v) is 2.36. The number of hydrogen-bond donors (Lipinski definition) is 0. The molecule has 1 heterocycles. The minimum absolute atomic E-state index is 0.393. The molecule has 0 aromatic heterocycles. The van der Waals surface area contributed by atoms with E-state index in [0.717, 1.165) is 5.57 Å². The van der Waals surface area contributed by atoms with Gasteiger partial charge in [-0.15, -0.1) is 6.58 Å². The molecule has 0 spiro atoms. The van der Waals surface area contributed by atoms with Gasteiger partial charge in [0.2, 0.25) is 0 Å². The highest BCUT2D eigenvalue weighted by molar-refractivity contribution is 5.79. The number of rotatable bonds is 3. The zero-order valence-corrected chi connectivity index (χ0v) is 11.8. The van der Waals surface area contributed by atoms with Crippen molar-refractivity contribution >= 4 is 5.97 Å². The second kappa shape index (κ2) is 4.86. The van der Waals surface area contributed by atoms with Gasteiger partial charge in [-0.2, -0.15) is 0 Å².